The molecule has 4 heterocycles. The van der Waals surface area contributed by atoms with E-state index in [1.165, 1.54) is 0 Å². The fourth-order valence-corrected chi connectivity index (χ4v) is 3.16. The summed E-state index contributed by atoms with van der Waals surface area (Å²) in [6.07, 6.45) is 9.20. The van der Waals surface area contributed by atoms with Gasteiger partial charge in [0.05, 0.1) is 6.20 Å². The van der Waals surface area contributed by atoms with E-state index in [4.69, 9.17) is 0 Å². The zero-order valence-electron chi connectivity index (χ0n) is 14.1. The second-order valence-corrected chi connectivity index (χ2v) is 7.17. The minimum Gasteiger partial charge on any atom is -0.346 e. The summed E-state index contributed by atoms with van der Waals surface area (Å²) in [5, 5.41) is 1.01. The Morgan fingerprint density at radius 2 is 2.00 bits per heavy atom. The summed E-state index contributed by atoms with van der Waals surface area (Å²) >= 11 is 3.37. The van der Waals surface area contributed by atoms with E-state index in [1.54, 1.807) is 6.20 Å². The van der Waals surface area contributed by atoms with Gasteiger partial charge in [0, 0.05) is 52.5 Å². The summed E-state index contributed by atoms with van der Waals surface area (Å²) in [6.45, 7) is 1.99. The zero-order chi connectivity index (χ0) is 18.1. The van der Waals surface area contributed by atoms with E-state index in [0.717, 1.165) is 37.9 Å². The molecule has 4 aromatic heterocycles. The van der Waals surface area contributed by atoms with Crippen LogP contribution in [0.15, 0.2) is 47.3 Å². The molecule has 0 saturated carbocycles. The first-order valence-corrected chi connectivity index (χ1v) is 8.97. The van der Waals surface area contributed by atoms with E-state index < -0.39 is 5.95 Å². The Labute approximate surface area is 158 Å². The number of aromatic nitrogens is 4. The van der Waals surface area contributed by atoms with Crippen molar-refractivity contribution < 1.29 is 4.39 Å². The zero-order valence-corrected chi connectivity index (χ0v) is 15.6. The average Bonchev–Trinajstić information content (AvgIpc) is 3.02. The van der Waals surface area contributed by atoms with E-state index in [1.807, 2.05) is 37.5 Å². The molecule has 0 bridgehead atoms. The highest BCUT2D eigenvalue weighted by atomic mass is 79.9. The maximum Gasteiger partial charge on any atom is 0.217 e. The van der Waals surface area contributed by atoms with Crippen LogP contribution in [0.4, 0.5) is 4.39 Å². The Hall–Kier alpha value is -2.60. The Morgan fingerprint density at radius 3 is 2.81 bits per heavy atom. The molecule has 129 valence electrons. The van der Waals surface area contributed by atoms with Crippen molar-refractivity contribution in [2.45, 2.75) is 19.8 Å². The van der Waals surface area contributed by atoms with Crippen molar-refractivity contribution in [2.24, 2.45) is 0 Å². The predicted octanol–water partition coefficient (Wildman–Crippen LogP) is 4.54. The number of pyridine rings is 3. The summed E-state index contributed by atoms with van der Waals surface area (Å²) < 4.78 is 15.2. The highest BCUT2D eigenvalue weighted by Gasteiger charge is 2.12. The quantitative estimate of drug-likeness (QED) is 0.503. The van der Waals surface area contributed by atoms with Crippen LogP contribution in [0.3, 0.4) is 0 Å². The SMILES string of the molecule is Cc1cnc2[nH]cc(Cc3cc(Cc4ccc(Br)cn4)[c]nc3F)c2c1. The molecule has 4 nitrogen and oxygen atoms in total. The minimum atomic E-state index is -0.493. The molecule has 0 spiro atoms. The van der Waals surface area contributed by atoms with Crippen molar-refractivity contribution in [3.05, 3.63) is 87.4 Å². The molecule has 26 heavy (non-hydrogen) atoms. The molecule has 0 aliphatic carbocycles. The standard InChI is InChI=1S/C20H15BrFN4/c1-12-4-18-15(10-26-20(18)25-8-12)7-14-5-13(9-24-19(14)22)6-17-3-2-16(21)11-23-17/h2-5,8,10-11H,6-7H2,1H3,(H,25,26). The molecule has 4 rings (SSSR count). The normalized spacial score (nSPS) is 11.2. The summed E-state index contributed by atoms with van der Waals surface area (Å²) in [5.74, 6) is -0.493. The average molecular weight is 410 g/mol. The van der Waals surface area contributed by atoms with E-state index in [0.29, 0.717) is 18.4 Å². The third-order valence-corrected chi connectivity index (χ3v) is 4.67. The van der Waals surface area contributed by atoms with Crippen molar-refractivity contribution in [1.29, 1.82) is 0 Å². The second kappa shape index (κ2) is 6.96. The third kappa shape index (κ3) is 3.51. The van der Waals surface area contributed by atoms with Gasteiger partial charge in [0.15, 0.2) is 0 Å². The number of H-pyrrole nitrogens is 1. The number of halogens is 2. The fourth-order valence-electron chi connectivity index (χ4n) is 2.93. The van der Waals surface area contributed by atoms with Crippen LogP contribution in [-0.2, 0) is 12.8 Å². The number of rotatable bonds is 4. The molecule has 0 fully saturated rings. The Kier molecular flexibility index (Phi) is 4.51. The largest absolute Gasteiger partial charge is 0.346 e. The molecule has 0 unspecified atom stereocenters. The van der Waals surface area contributed by atoms with Gasteiger partial charge in [-0.2, -0.15) is 4.39 Å². The summed E-state index contributed by atoms with van der Waals surface area (Å²) in [5.41, 5.74) is 5.11. The van der Waals surface area contributed by atoms with Crippen LogP contribution in [0, 0.1) is 19.1 Å². The van der Waals surface area contributed by atoms with Gasteiger partial charge in [0.25, 0.3) is 0 Å². The van der Waals surface area contributed by atoms with Gasteiger partial charge < -0.3 is 4.98 Å². The predicted molar refractivity (Wildman–Crippen MR) is 101 cm³/mol. The van der Waals surface area contributed by atoms with Gasteiger partial charge in [-0.1, -0.05) is 0 Å². The first-order valence-electron chi connectivity index (χ1n) is 8.17. The van der Waals surface area contributed by atoms with Gasteiger partial charge in [-0.05, 0) is 63.8 Å². The number of aromatic amines is 1. The summed E-state index contributed by atoms with van der Waals surface area (Å²) in [4.78, 5) is 15.7. The number of fused-ring (bicyclic) bond motifs is 1. The van der Waals surface area contributed by atoms with Gasteiger partial charge >= 0.3 is 0 Å². The lowest BCUT2D eigenvalue weighted by atomic mass is 10.0. The number of aryl methyl sites for hydroxylation is 1. The number of hydrogen-bond acceptors (Lipinski definition) is 3. The summed E-state index contributed by atoms with van der Waals surface area (Å²) in [7, 11) is 0. The smallest absolute Gasteiger partial charge is 0.217 e. The fraction of sp³-hybridized carbons (Fsp3) is 0.150. The van der Waals surface area contributed by atoms with Gasteiger partial charge in [-0.25, -0.2) is 9.97 Å². The molecule has 1 N–H and O–H groups in total. The lowest BCUT2D eigenvalue weighted by Crippen LogP contribution is -2.00. The van der Waals surface area contributed by atoms with Crippen LogP contribution >= 0.6 is 15.9 Å². The molecule has 0 atom stereocenters. The second-order valence-electron chi connectivity index (χ2n) is 6.25. The van der Waals surface area contributed by atoms with Crippen molar-refractivity contribution in [2.75, 3.05) is 0 Å². The molecule has 0 aliphatic heterocycles. The highest BCUT2D eigenvalue weighted by molar-refractivity contribution is 9.10. The topological polar surface area (TPSA) is 54.5 Å². The van der Waals surface area contributed by atoms with Crippen LogP contribution in [0.25, 0.3) is 11.0 Å². The van der Waals surface area contributed by atoms with Gasteiger partial charge in [0.1, 0.15) is 5.65 Å². The molecule has 1 radical (unpaired) electrons. The molecule has 0 amide bonds. The van der Waals surface area contributed by atoms with Crippen molar-refractivity contribution >= 4 is 27.0 Å². The third-order valence-electron chi connectivity index (χ3n) is 4.21. The van der Waals surface area contributed by atoms with Crippen LogP contribution < -0.4 is 0 Å². The van der Waals surface area contributed by atoms with E-state index >= 15 is 0 Å². The van der Waals surface area contributed by atoms with Crippen molar-refractivity contribution in [1.82, 2.24) is 19.9 Å². The Bertz CT molecular complexity index is 1070. The van der Waals surface area contributed by atoms with Gasteiger partial charge in [-0.3, -0.25) is 4.98 Å². The minimum absolute atomic E-state index is 0.444. The van der Waals surface area contributed by atoms with Gasteiger partial charge in [0.2, 0.25) is 5.95 Å². The maximum absolute atomic E-state index is 14.2. The highest BCUT2D eigenvalue weighted by Crippen LogP contribution is 2.22. The van der Waals surface area contributed by atoms with Gasteiger partial charge in [-0.15, -0.1) is 0 Å². The van der Waals surface area contributed by atoms with Crippen molar-refractivity contribution in [3.63, 3.8) is 0 Å². The Morgan fingerprint density at radius 1 is 1.12 bits per heavy atom. The molecular formula is C20H15BrFN4. The summed E-state index contributed by atoms with van der Waals surface area (Å²) in [6, 6.07) is 7.73. The van der Waals surface area contributed by atoms with E-state index in [-0.39, 0.29) is 0 Å². The van der Waals surface area contributed by atoms with Crippen LogP contribution in [0.1, 0.15) is 27.9 Å². The number of nitrogens with one attached hydrogen (secondary N) is 1. The molecule has 6 heteroatoms. The molecule has 0 aromatic carbocycles. The maximum atomic E-state index is 14.2. The van der Waals surface area contributed by atoms with E-state index in [2.05, 4.69) is 48.1 Å². The number of hydrogen-bond donors (Lipinski definition) is 1. The van der Waals surface area contributed by atoms with Crippen LogP contribution in [0.2, 0.25) is 0 Å². The van der Waals surface area contributed by atoms with Crippen LogP contribution in [0.5, 0.6) is 0 Å². The van der Waals surface area contributed by atoms with E-state index in [9.17, 15) is 4.39 Å². The molecular weight excluding hydrogens is 395 g/mol. The monoisotopic (exact) mass is 409 g/mol. The number of nitrogens with zero attached hydrogens (tertiary/aromatic N) is 3. The first kappa shape index (κ1) is 16.8. The Balaban J connectivity index is 1.63. The first-order chi connectivity index (χ1) is 12.6. The molecule has 0 aliphatic rings. The van der Waals surface area contributed by atoms with Crippen molar-refractivity contribution in [3.8, 4) is 0 Å². The lowest BCUT2D eigenvalue weighted by molar-refractivity contribution is 0.568. The molecule has 0 saturated heterocycles. The van der Waals surface area contributed by atoms with Crippen LogP contribution in [-0.4, -0.2) is 19.9 Å². The lowest BCUT2D eigenvalue weighted by Gasteiger charge is -2.06. The molecule has 4 aromatic rings.